The number of benzene rings is 2. The zero-order valence-electron chi connectivity index (χ0n) is 20.9. The summed E-state index contributed by atoms with van der Waals surface area (Å²) in [6.07, 6.45) is 5.61. The monoisotopic (exact) mass is 506 g/mol. The summed E-state index contributed by atoms with van der Waals surface area (Å²) in [6.45, 7) is 4.02. The Morgan fingerprint density at radius 1 is 1.16 bits per heavy atom. The highest BCUT2D eigenvalue weighted by Crippen LogP contribution is 2.30. The molecule has 1 atom stereocenters. The molecule has 4 rings (SSSR count). The molecule has 1 aromatic heterocycles. The van der Waals surface area contributed by atoms with Crippen LogP contribution < -0.4 is 24.0 Å². The predicted octanol–water partition coefficient (Wildman–Crippen LogP) is 3.79. The van der Waals surface area contributed by atoms with E-state index in [9.17, 15) is 14.7 Å². The van der Waals surface area contributed by atoms with Crippen LogP contribution >= 0.6 is 0 Å². The van der Waals surface area contributed by atoms with Gasteiger partial charge in [0.15, 0.2) is 11.5 Å². The van der Waals surface area contributed by atoms with Crippen molar-refractivity contribution in [3.63, 3.8) is 0 Å². The number of carbonyl (C=O) groups excluding carboxylic acids is 1. The number of carboxylic acid groups (broad SMARTS) is 1. The second kappa shape index (κ2) is 12.1. The van der Waals surface area contributed by atoms with Gasteiger partial charge in [-0.25, -0.2) is 14.8 Å². The smallest absolute Gasteiger partial charge is 0.339 e. The molecular formula is C27H30N4O6. The molecule has 0 saturated carbocycles. The first-order valence-corrected chi connectivity index (χ1v) is 12.1. The normalized spacial score (nSPS) is 15.1. The maximum Gasteiger partial charge on any atom is 0.339 e. The average Bonchev–Trinajstić information content (AvgIpc) is 2.93. The number of para-hydroxylation sites is 3. The first-order chi connectivity index (χ1) is 18.0. The van der Waals surface area contributed by atoms with E-state index in [-0.39, 0.29) is 24.0 Å². The molecule has 1 unspecified atom stereocenters. The van der Waals surface area contributed by atoms with Crippen LogP contribution in [-0.2, 0) is 11.3 Å². The van der Waals surface area contributed by atoms with Gasteiger partial charge in [0.2, 0.25) is 12.4 Å². The average molecular weight is 507 g/mol. The molecule has 1 amide bonds. The quantitative estimate of drug-likeness (QED) is 0.388. The van der Waals surface area contributed by atoms with Crippen molar-refractivity contribution in [2.75, 3.05) is 36.6 Å². The SMILES string of the molecule is CCOc1ccccc1OC1CCCN(c2ncc(N(C=O)Cc3cccc(C(=O)O)c3OC)cn2)C1. The Morgan fingerprint density at radius 3 is 2.59 bits per heavy atom. The van der Waals surface area contributed by atoms with Crippen LogP contribution in [0.1, 0.15) is 35.7 Å². The molecule has 1 fully saturated rings. The van der Waals surface area contributed by atoms with Gasteiger partial charge in [-0.15, -0.1) is 0 Å². The number of hydrogen-bond donors (Lipinski definition) is 1. The summed E-state index contributed by atoms with van der Waals surface area (Å²) in [7, 11) is 1.40. The van der Waals surface area contributed by atoms with Gasteiger partial charge in [0, 0.05) is 12.1 Å². The molecule has 10 nitrogen and oxygen atoms in total. The third-order valence-corrected chi connectivity index (χ3v) is 6.06. The molecule has 0 aliphatic carbocycles. The van der Waals surface area contributed by atoms with Gasteiger partial charge in [0.05, 0.1) is 44.9 Å². The third-order valence-electron chi connectivity index (χ3n) is 6.06. The summed E-state index contributed by atoms with van der Waals surface area (Å²) in [5.74, 6) is 1.10. The molecule has 0 radical (unpaired) electrons. The van der Waals surface area contributed by atoms with Crippen LogP contribution in [0.15, 0.2) is 54.9 Å². The lowest BCUT2D eigenvalue weighted by Gasteiger charge is -2.33. The minimum atomic E-state index is -1.10. The Balaban J connectivity index is 1.45. The van der Waals surface area contributed by atoms with Crippen molar-refractivity contribution in [3.8, 4) is 17.2 Å². The number of hydrogen-bond acceptors (Lipinski definition) is 8. The first-order valence-electron chi connectivity index (χ1n) is 12.1. The number of amides is 1. The van der Waals surface area contributed by atoms with Gasteiger partial charge in [-0.2, -0.15) is 0 Å². The molecule has 0 spiro atoms. The molecule has 1 aliphatic heterocycles. The number of carbonyl (C=O) groups is 2. The molecule has 2 aromatic carbocycles. The van der Waals surface area contributed by atoms with Crippen molar-refractivity contribution in [1.82, 2.24) is 9.97 Å². The highest BCUT2D eigenvalue weighted by atomic mass is 16.5. The largest absolute Gasteiger partial charge is 0.495 e. The predicted molar refractivity (Wildman–Crippen MR) is 138 cm³/mol. The molecular weight excluding hydrogens is 476 g/mol. The number of methoxy groups -OCH3 is 1. The van der Waals surface area contributed by atoms with E-state index in [4.69, 9.17) is 14.2 Å². The summed E-state index contributed by atoms with van der Waals surface area (Å²) in [5.41, 5.74) is 1.07. The van der Waals surface area contributed by atoms with Gasteiger partial charge < -0.3 is 29.1 Å². The Bertz CT molecular complexity index is 1220. The van der Waals surface area contributed by atoms with Gasteiger partial charge in [-0.3, -0.25) is 4.79 Å². The van der Waals surface area contributed by atoms with E-state index in [1.165, 1.54) is 18.1 Å². The topological polar surface area (TPSA) is 114 Å². The van der Waals surface area contributed by atoms with Gasteiger partial charge in [0.25, 0.3) is 0 Å². The zero-order chi connectivity index (χ0) is 26.2. The number of rotatable bonds is 11. The fourth-order valence-corrected chi connectivity index (χ4v) is 4.34. The summed E-state index contributed by atoms with van der Waals surface area (Å²) < 4.78 is 17.2. The van der Waals surface area contributed by atoms with Crippen LogP contribution in [0.5, 0.6) is 17.2 Å². The minimum Gasteiger partial charge on any atom is -0.495 e. The molecule has 10 heteroatoms. The van der Waals surface area contributed by atoms with Crippen LogP contribution in [0.3, 0.4) is 0 Å². The Labute approximate surface area is 215 Å². The molecule has 1 saturated heterocycles. The Morgan fingerprint density at radius 2 is 1.92 bits per heavy atom. The number of piperidine rings is 1. The van der Waals surface area contributed by atoms with E-state index in [2.05, 4.69) is 14.9 Å². The zero-order valence-corrected chi connectivity index (χ0v) is 20.9. The Kier molecular flexibility index (Phi) is 8.40. The van der Waals surface area contributed by atoms with E-state index >= 15 is 0 Å². The van der Waals surface area contributed by atoms with Crippen molar-refractivity contribution in [1.29, 1.82) is 0 Å². The van der Waals surface area contributed by atoms with Gasteiger partial charge in [-0.05, 0) is 38.0 Å². The highest BCUT2D eigenvalue weighted by Gasteiger charge is 2.24. The molecule has 2 heterocycles. The fourth-order valence-electron chi connectivity index (χ4n) is 4.34. The van der Waals surface area contributed by atoms with Crippen molar-refractivity contribution in [3.05, 3.63) is 66.0 Å². The number of carboxylic acids is 1. The van der Waals surface area contributed by atoms with Gasteiger partial charge in [-0.1, -0.05) is 24.3 Å². The number of anilines is 2. The van der Waals surface area contributed by atoms with E-state index in [0.29, 0.717) is 36.8 Å². The highest BCUT2D eigenvalue weighted by molar-refractivity contribution is 5.91. The summed E-state index contributed by atoms with van der Waals surface area (Å²) in [6, 6.07) is 12.4. The van der Waals surface area contributed by atoms with E-state index in [0.717, 1.165) is 30.9 Å². The molecule has 3 aromatic rings. The van der Waals surface area contributed by atoms with E-state index < -0.39 is 5.97 Å². The lowest BCUT2D eigenvalue weighted by Crippen LogP contribution is -2.42. The summed E-state index contributed by atoms with van der Waals surface area (Å²) >= 11 is 0. The summed E-state index contributed by atoms with van der Waals surface area (Å²) in [4.78, 5) is 35.9. The maximum atomic E-state index is 11.9. The van der Waals surface area contributed by atoms with Crippen molar-refractivity contribution >= 4 is 24.0 Å². The van der Waals surface area contributed by atoms with Crippen molar-refractivity contribution in [2.45, 2.75) is 32.4 Å². The van der Waals surface area contributed by atoms with Crippen LogP contribution in [0.25, 0.3) is 0 Å². The minimum absolute atomic E-state index is 0.0307. The first kappa shape index (κ1) is 25.7. The van der Waals surface area contributed by atoms with Crippen LogP contribution in [0, 0.1) is 0 Å². The van der Waals surface area contributed by atoms with E-state index in [1.54, 1.807) is 24.5 Å². The van der Waals surface area contributed by atoms with Gasteiger partial charge in [0.1, 0.15) is 17.4 Å². The summed E-state index contributed by atoms with van der Waals surface area (Å²) in [5, 5.41) is 9.42. The second-order valence-corrected chi connectivity index (χ2v) is 8.49. The maximum absolute atomic E-state index is 11.9. The lowest BCUT2D eigenvalue weighted by molar-refractivity contribution is -0.107. The fraction of sp³-hybridized carbons (Fsp3) is 0.333. The van der Waals surface area contributed by atoms with Crippen LogP contribution in [0.4, 0.5) is 11.6 Å². The number of nitrogens with zero attached hydrogens (tertiary/aromatic N) is 4. The van der Waals surface area contributed by atoms with Crippen LogP contribution in [0.2, 0.25) is 0 Å². The van der Waals surface area contributed by atoms with Crippen LogP contribution in [-0.4, -0.2) is 60.4 Å². The molecule has 194 valence electrons. The molecule has 1 aliphatic rings. The van der Waals surface area contributed by atoms with Crippen molar-refractivity contribution in [2.24, 2.45) is 0 Å². The van der Waals surface area contributed by atoms with Gasteiger partial charge >= 0.3 is 5.97 Å². The number of ether oxygens (including phenoxy) is 3. The molecule has 1 N–H and O–H groups in total. The Hall–Kier alpha value is -4.34. The standard InChI is InChI=1S/C27H30N4O6/c1-3-36-23-11-4-5-12-24(23)37-21-9-7-13-30(17-21)27-28-14-20(15-29-27)31(18-32)16-19-8-6-10-22(26(33)34)25(19)35-2/h4-6,8,10-12,14-15,18,21H,3,7,9,13,16-17H2,1-2H3,(H,33,34). The second-order valence-electron chi connectivity index (χ2n) is 8.49. The molecule has 0 bridgehead atoms. The third kappa shape index (κ3) is 6.08. The van der Waals surface area contributed by atoms with Crippen molar-refractivity contribution < 1.29 is 28.9 Å². The number of aromatic carboxylic acids is 1. The van der Waals surface area contributed by atoms with E-state index in [1.807, 2.05) is 31.2 Å². The lowest BCUT2D eigenvalue weighted by atomic mass is 10.1. The number of aromatic nitrogens is 2. The molecule has 37 heavy (non-hydrogen) atoms.